The van der Waals surface area contributed by atoms with Crippen molar-refractivity contribution in [2.24, 2.45) is 0 Å². The normalized spacial score (nSPS) is 13.9. The third kappa shape index (κ3) is 3.35. The van der Waals surface area contributed by atoms with Gasteiger partial charge in [0.2, 0.25) is 0 Å². The van der Waals surface area contributed by atoms with Gasteiger partial charge in [-0.15, -0.1) is 23.1 Å². The summed E-state index contributed by atoms with van der Waals surface area (Å²) in [5, 5.41) is 1.73. The monoisotopic (exact) mass is 402 g/mol. The molecule has 0 spiro atoms. The first-order valence-electron chi connectivity index (χ1n) is 9.02. The van der Waals surface area contributed by atoms with Crippen molar-refractivity contribution in [2.45, 2.75) is 55.0 Å². The lowest BCUT2D eigenvalue weighted by molar-refractivity contribution is 0.633. The second-order valence-electron chi connectivity index (χ2n) is 6.47. The molecule has 0 bridgehead atoms. The highest BCUT2D eigenvalue weighted by Gasteiger charge is 2.21. The summed E-state index contributed by atoms with van der Waals surface area (Å²) < 4.78 is 1.85. The van der Waals surface area contributed by atoms with Crippen LogP contribution in [0.5, 0.6) is 0 Å². The third-order valence-corrected chi connectivity index (χ3v) is 7.86. The molecule has 1 aromatic carbocycles. The molecule has 6 heteroatoms. The first-order valence-corrected chi connectivity index (χ1v) is 12.0. The molecule has 1 aliphatic carbocycles. The van der Waals surface area contributed by atoms with Crippen LogP contribution in [-0.4, -0.2) is 15.8 Å². The highest BCUT2D eigenvalue weighted by molar-refractivity contribution is 7.98. The van der Waals surface area contributed by atoms with Crippen LogP contribution in [0.25, 0.3) is 10.2 Å². The van der Waals surface area contributed by atoms with Gasteiger partial charge in [0.05, 0.1) is 5.39 Å². The molecule has 1 aliphatic rings. The molecular weight excluding hydrogens is 380 g/mol. The molecule has 4 rings (SSSR count). The molecule has 0 N–H and O–H groups in total. The average molecular weight is 403 g/mol. The van der Waals surface area contributed by atoms with Gasteiger partial charge < -0.3 is 0 Å². The van der Waals surface area contributed by atoms with Gasteiger partial charge in [0.25, 0.3) is 5.56 Å². The van der Waals surface area contributed by atoms with Gasteiger partial charge in [-0.25, -0.2) is 4.98 Å². The Morgan fingerprint density at radius 1 is 1.19 bits per heavy atom. The lowest BCUT2D eigenvalue weighted by Crippen LogP contribution is -2.22. The molecule has 0 radical (unpaired) electrons. The van der Waals surface area contributed by atoms with Crippen molar-refractivity contribution in [3.05, 3.63) is 50.6 Å². The summed E-state index contributed by atoms with van der Waals surface area (Å²) in [4.78, 5) is 21.6. The van der Waals surface area contributed by atoms with Crippen LogP contribution in [0.3, 0.4) is 0 Å². The van der Waals surface area contributed by atoms with Crippen LogP contribution in [0, 0.1) is 0 Å². The molecule has 26 heavy (non-hydrogen) atoms. The number of fused-ring (bicyclic) bond motifs is 3. The van der Waals surface area contributed by atoms with E-state index in [-0.39, 0.29) is 5.56 Å². The van der Waals surface area contributed by atoms with Crippen LogP contribution >= 0.6 is 34.9 Å². The van der Waals surface area contributed by atoms with Crippen molar-refractivity contribution in [2.75, 3.05) is 6.26 Å². The highest BCUT2D eigenvalue weighted by atomic mass is 32.2. The van der Waals surface area contributed by atoms with Crippen molar-refractivity contribution in [1.29, 1.82) is 0 Å². The third-order valence-electron chi connectivity index (χ3n) is 4.88. The highest BCUT2D eigenvalue weighted by Crippen LogP contribution is 2.35. The molecule has 0 saturated carbocycles. The van der Waals surface area contributed by atoms with Crippen LogP contribution in [0.2, 0.25) is 0 Å². The van der Waals surface area contributed by atoms with Crippen LogP contribution in [0.15, 0.2) is 39.1 Å². The lowest BCUT2D eigenvalue weighted by atomic mass is 9.97. The Balaban J connectivity index is 1.68. The fraction of sp³-hybridized carbons (Fsp3) is 0.400. The van der Waals surface area contributed by atoms with E-state index in [1.165, 1.54) is 33.7 Å². The molecule has 0 amide bonds. The van der Waals surface area contributed by atoms with Crippen LogP contribution in [0.1, 0.15) is 35.8 Å². The van der Waals surface area contributed by atoms with Crippen molar-refractivity contribution in [1.82, 2.24) is 9.55 Å². The zero-order chi connectivity index (χ0) is 18.1. The summed E-state index contributed by atoms with van der Waals surface area (Å²) in [7, 11) is 0. The summed E-state index contributed by atoms with van der Waals surface area (Å²) in [5.41, 5.74) is 2.69. The standard InChI is InChI=1S/C20H22N2OS3/c1-3-22-19(23)17-15-6-4-5-7-16(15)26-18(17)21-20(22)25-12-13-8-10-14(24-2)11-9-13/h8-11H,3-7,12H2,1-2H3. The summed E-state index contributed by atoms with van der Waals surface area (Å²) in [6, 6.07) is 8.63. The zero-order valence-electron chi connectivity index (χ0n) is 15.1. The topological polar surface area (TPSA) is 34.9 Å². The van der Waals surface area contributed by atoms with Gasteiger partial charge in [0.15, 0.2) is 5.16 Å². The average Bonchev–Trinajstić information content (AvgIpc) is 3.05. The molecule has 3 nitrogen and oxygen atoms in total. The second kappa shape index (κ2) is 7.79. The number of hydrogen-bond donors (Lipinski definition) is 0. The Labute approximate surface area is 166 Å². The molecule has 0 saturated heterocycles. The SMILES string of the molecule is CCn1c(SCc2ccc(SC)cc2)nc2sc3c(c2c1=O)CCCC3. The first-order chi connectivity index (χ1) is 12.7. The summed E-state index contributed by atoms with van der Waals surface area (Å²) in [6.45, 7) is 2.70. The molecule has 0 fully saturated rings. The fourth-order valence-corrected chi connectivity index (χ4v) is 6.21. The van der Waals surface area contributed by atoms with Crippen LogP contribution in [0.4, 0.5) is 0 Å². The van der Waals surface area contributed by atoms with Crippen molar-refractivity contribution >= 4 is 45.1 Å². The summed E-state index contributed by atoms with van der Waals surface area (Å²) >= 11 is 5.15. The van der Waals surface area contributed by atoms with E-state index in [1.54, 1.807) is 34.9 Å². The molecule has 136 valence electrons. The zero-order valence-corrected chi connectivity index (χ0v) is 17.5. The van der Waals surface area contributed by atoms with Crippen molar-refractivity contribution in [3.63, 3.8) is 0 Å². The maximum absolute atomic E-state index is 13.1. The minimum Gasteiger partial charge on any atom is -0.287 e. The predicted molar refractivity (Wildman–Crippen MR) is 114 cm³/mol. The van der Waals surface area contributed by atoms with E-state index in [2.05, 4.69) is 30.5 Å². The maximum atomic E-state index is 13.1. The minimum absolute atomic E-state index is 0.150. The molecule has 0 atom stereocenters. The van der Waals surface area contributed by atoms with Crippen molar-refractivity contribution in [3.8, 4) is 0 Å². The number of nitrogens with zero attached hydrogens (tertiary/aromatic N) is 2. The first kappa shape index (κ1) is 18.1. The number of thioether (sulfide) groups is 2. The Bertz CT molecular complexity index is 989. The minimum atomic E-state index is 0.150. The lowest BCUT2D eigenvalue weighted by Gasteiger charge is -2.12. The van der Waals surface area contributed by atoms with E-state index in [0.29, 0.717) is 6.54 Å². The van der Waals surface area contributed by atoms with Gasteiger partial charge in [0, 0.05) is 22.1 Å². The van der Waals surface area contributed by atoms with Gasteiger partial charge in [-0.3, -0.25) is 9.36 Å². The largest absolute Gasteiger partial charge is 0.287 e. The Kier molecular flexibility index (Phi) is 5.43. The summed E-state index contributed by atoms with van der Waals surface area (Å²) in [5.74, 6) is 0.831. The number of thiophene rings is 1. The Morgan fingerprint density at radius 2 is 1.96 bits per heavy atom. The number of aryl methyl sites for hydroxylation is 2. The molecule has 2 aromatic heterocycles. The van der Waals surface area contributed by atoms with Gasteiger partial charge in [-0.1, -0.05) is 23.9 Å². The van der Waals surface area contributed by atoms with Gasteiger partial charge in [-0.2, -0.15) is 0 Å². The van der Waals surface area contributed by atoms with E-state index in [0.717, 1.165) is 34.0 Å². The van der Waals surface area contributed by atoms with E-state index in [1.807, 2.05) is 11.5 Å². The van der Waals surface area contributed by atoms with E-state index in [4.69, 9.17) is 4.98 Å². The number of aromatic nitrogens is 2. The molecule has 3 aromatic rings. The quantitative estimate of drug-likeness (QED) is 0.424. The van der Waals surface area contributed by atoms with Gasteiger partial charge in [0.1, 0.15) is 4.83 Å². The smallest absolute Gasteiger partial charge is 0.263 e. The van der Waals surface area contributed by atoms with Gasteiger partial charge >= 0.3 is 0 Å². The van der Waals surface area contributed by atoms with Crippen LogP contribution in [-0.2, 0) is 25.1 Å². The number of rotatable bonds is 5. The number of benzene rings is 1. The van der Waals surface area contributed by atoms with E-state index in [9.17, 15) is 4.79 Å². The van der Waals surface area contributed by atoms with E-state index < -0.39 is 0 Å². The maximum Gasteiger partial charge on any atom is 0.263 e. The molecule has 0 unspecified atom stereocenters. The summed E-state index contributed by atoms with van der Waals surface area (Å²) in [6.07, 6.45) is 6.64. The molecule has 0 aliphatic heterocycles. The Hall–Kier alpha value is -1.24. The molecular formula is C20H22N2OS3. The predicted octanol–water partition coefficient (Wildman–Crippen LogP) is 5.37. The second-order valence-corrected chi connectivity index (χ2v) is 9.38. The Morgan fingerprint density at radius 3 is 2.69 bits per heavy atom. The van der Waals surface area contributed by atoms with Crippen LogP contribution < -0.4 is 5.56 Å². The number of hydrogen-bond acceptors (Lipinski definition) is 5. The van der Waals surface area contributed by atoms with E-state index >= 15 is 0 Å². The fourth-order valence-electron chi connectivity index (χ4n) is 3.48. The van der Waals surface area contributed by atoms with Crippen molar-refractivity contribution < 1.29 is 0 Å². The molecule has 2 heterocycles. The van der Waals surface area contributed by atoms with Gasteiger partial charge in [-0.05, 0) is 62.1 Å².